The molecule has 0 aliphatic rings. The van der Waals surface area contributed by atoms with Crippen molar-refractivity contribution in [2.24, 2.45) is 5.73 Å². The van der Waals surface area contributed by atoms with E-state index in [0.717, 1.165) is 38.9 Å². The number of amides is 1. The predicted molar refractivity (Wildman–Crippen MR) is 70.0 cm³/mol. The molecule has 0 aliphatic carbocycles. The SMILES string of the molecule is CC(C)(C)OC(=O)NCCCCNCCCN. The maximum atomic E-state index is 11.3. The van der Waals surface area contributed by atoms with Crippen molar-refractivity contribution in [2.45, 2.75) is 45.6 Å². The highest BCUT2D eigenvalue weighted by Crippen LogP contribution is 2.06. The summed E-state index contributed by atoms with van der Waals surface area (Å²) in [6.45, 7) is 8.89. The highest BCUT2D eigenvalue weighted by Gasteiger charge is 2.15. The van der Waals surface area contributed by atoms with Crippen molar-refractivity contribution in [3.05, 3.63) is 0 Å². The smallest absolute Gasteiger partial charge is 0.407 e. The summed E-state index contributed by atoms with van der Waals surface area (Å²) >= 11 is 0. The van der Waals surface area contributed by atoms with Gasteiger partial charge in [0, 0.05) is 6.54 Å². The molecule has 0 aromatic carbocycles. The Labute approximate surface area is 104 Å². The number of unbranched alkanes of at least 4 members (excludes halogenated alkanes) is 1. The maximum Gasteiger partial charge on any atom is 0.407 e. The lowest BCUT2D eigenvalue weighted by molar-refractivity contribution is 0.0527. The molecule has 0 spiro atoms. The van der Waals surface area contributed by atoms with Gasteiger partial charge in [0.2, 0.25) is 0 Å². The third kappa shape index (κ3) is 13.1. The molecule has 102 valence electrons. The van der Waals surface area contributed by atoms with E-state index in [9.17, 15) is 4.79 Å². The van der Waals surface area contributed by atoms with Gasteiger partial charge in [-0.1, -0.05) is 0 Å². The zero-order valence-corrected chi connectivity index (χ0v) is 11.3. The van der Waals surface area contributed by atoms with Gasteiger partial charge in [0.1, 0.15) is 5.60 Å². The van der Waals surface area contributed by atoms with Crippen molar-refractivity contribution in [1.82, 2.24) is 10.6 Å². The van der Waals surface area contributed by atoms with E-state index >= 15 is 0 Å². The lowest BCUT2D eigenvalue weighted by atomic mass is 10.2. The summed E-state index contributed by atoms with van der Waals surface area (Å²) in [4.78, 5) is 11.3. The number of ether oxygens (including phenoxy) is 1. The number of carbonyl (C=O) groups excluding carboxylic acids is 1. The van der Waals surface area contributed by atoms with Gasteiger partial charge in [-0.15, -0.1) is 0 Å². The molecule has 0 aliphatic heterocycles. The van der Waals surface area contributed by atoms with E-state index in [4.69, 9.17) is 10.5 Å². The molecule has 0 radical (unpaired) electrons. The van der Waals surface area contributed by atoms with E-state index in [2.05, 4.69) is 10.6 Å². The average Bonchev–Trinajstić information content (AvgIpc) is 2.19. The number of nitrogens with one attached hydrogen (secondary N) is 2. The van der Waals surface area contributed by atoms with Crippen molar-refractivity contribution in [3.8, 4) is 0 Å². The van der Waals surface area contributed by atoms with Gasteiger partial charge in [0.05, 0.1) is 0 Å². The number of nitrogens with two attached hydrogens (primary N) is 1. The molecule has 5 nitrogen and oxygen atoms in total. The highest BCUT2D eigenvalue weighted by molar-refractivity contribution is 5.67. The van der Waals surface area contributed by atoms with E-state index in [1.165, 1.54) is 0 Å². The fourth-order valence-corrected chi connectivity index (χ4v) is 1.23. The van der Waals surface area contributed by atoms with Crippen molar-refractivity contribution in [3.63, 3.8) is 0 Å². The van der Waals surface area contributed by atoms with Crippen molar-refractivity contribution in [2.75, 3.05) is 26.2 Å². The van der Waals surface area contributed by atoms with Gasteiger partial charge >= 0.3 is 6.09 Å². The van der Waals surface area contributed by atoms with Gasteiger partial charge in [-0.25, -0.2) is 4.79 Å². The summed E-state index contributed by atoms with van der Waals surface area (Å²) in [5.41, 5.74) is 4.95. The number of rotatable bonds is 8. The van der Waals surface area contributed by atoms with Crippen LogP contribution in [0, 0.1) is 0 Å². The largest absolute Gasteiger partial charge is 0.444 e. The molecule has 17 heavy (non-hydrogen) atoms. The zero-order chi connectivity index (χ0) is 13.1. The third-order valence-corrected chi connectivity index (χ3v) is 2.01. The Kier molecular flexibility index (Phi) is 8.80. The van der Waals surface area contributed by atoms with Crippen LogP contribution in [0.15, 0.2) is 0 Å². The van der Waals surface area contributed by atoms with Crippen LogP contribution in [0.5, 0.6) is 0 Å². The highest BCUT2D eigenvalue weighted by atomic mass is 16.6. The van der Waals surface area contributed by atoms with Crippen molar-refractivity contribution < 1.29 is 9.53 Å². The first-order chi connectivity index (χ1) is 7.95. The van der Waals surface area contributed by atoms with Crippen molar-refractivity contribution >= 4 is 6.09 Å². The van der Waals surface area contributed by atoms with Crippen LogP contribution < -0.4 is 16.4 Å². The first-order valence-corrected chi connectivity index (χ1v) is 6.33. The molecule has 0 atom stereocenters. The van der Waals surface area contributed by atoms with Gasteiger partial charge in [-0.05, 0) is 59.7 Å². The second-order valence-corrected chi connectivity index (χ2v) is 5.03. The molecule has 0 unspecified atom stereocenters. The van der Waals surface area contributed by atoms with Crippen LogP contribution >= 0.6 is 0 Å². The Bertz CT molecular complexity index is 202. The van der Waals surface area contributed by atoms with Gasteiger partial charge in [0.15, 0.2) is 0 Å². The molecule has 1 amide bonds. The summed E-state index contributed by atoms with van der Waals surface area (Å²) in [5.74, 6) is 0. The molecule has 0 saturated heterocycles. The van der Waals surface area contributed by atoms with Crippen LogP contribution in [-0.2, 0) is 4.74 Å². The molecule has 0 fully saturated rings. The minimum Gasteiger partial charge on any atom is -0.444 e. The minimum atomic E-state index is -0.423. The molecular formula is C12H27N3O2. The van der Waals surface area contributed by atoms with E-state index in [1.807, 2.05) is 20.8 Å². The fourth-order valence-electron chi connectivity index (χ4n) is 1.23. The maximum absolute atomic E-state index is 11.3. The number of alkyl carbamates (subject to hydrolysis) is 1. The van der Waals surface area contributed by atoms with Gasteiger partial charge in [-0.3, -0.25) is 0 Å². The summed E-state index contributed by atoms with van der Waals surface area (Å²) in [7, 11) is 0. The van der Waals surface area contributed by atoms with E-state index in [1.54, 1.807) is 0 Å². The lowest BCUT2D eigenvalue weighted by Crippen LogP contribution is -2.33. The Balaban J connectivity index is 3.25. The van der Waals surface area contributed by atoms with Crippen molar-refractivity contribution in [1.29, 1.82) is 0 Å². The zero-order valence-electron chi connectivity index (χ0n) is 11.3. The van der Waals surface area contributed by atoms with Crippen LogP contribution in [0.2, 0.25) is 0 Å². The summed E-state index contributed by atoms with van der Waals surface area (Å²) in [6, 6.07) is 0. The number of hydrogen-bond acceptors (Lipinski definition) is 4. The fraction of sp³-hybridized carbons (Fsp3) is 0.917. The number of hydrogen-bond donors (Lipinski definition) is 3. The van der Waals surface area contributed by atoms with E-state index in [0.29, 0.717) is 6.54 Å². The van der Waals surface area contributed by atoms with Crippen LogP contribution in [0.1, 0.15) is 40.0 Å². The molecule has 0 bridgehead atoms. The van der Waals surface area contributed by atoms with E-state index < -0.39 is 5.60 Å². The van der Waals surface area contributed by atoms with Gasteiger partial charge in [0.25, 0.3) is 0 Å². The molecule has 5 heteroatoms. The quantitative estimate of drug-likeness (QED) is 0.562. The standard InChI is InChI=1S/C12H27N3O2/c1-12(2,3)17-11(16)15-10-5-4-8-14-9-6-7-13/h14H,4-10,13H2,1-3H3,(H,15,16). The summed E-state index contributed by atoms with van der Waals surface area (Å²) in [6.07, 6.45) is 2.67. The van der Waals surface area contributed by atoms with Crippen LogP contribution in [-0.4, -0.2) is 37.9 Å². The monoisotopic (exact) mass is 245 g/mol. The molecule has 0 rings (SSSR count). The minimum absolute atomic E-state index is 0.339. The van der Waals surface area contributed by atoms with E-state index in [-0.39, 0.29) is 6.09 Å². The average molecular weight is 245 g/mol. The molecular weight excluding hydrogens is 218 g/mol. The van der Waals surface area contributed by atoms with Gasteiger partial charge < -0.3 is 21.1 Å². The summed E-state index contributed by atoms with van der Waals surface area (Å²) in [5, 5.41) is 6.02. The normalized spacial score (nSPS) is 11.3. The molecule has 0 saturated carbocycles. The Morgan fingerprint density at radius 3 is 2.29 bits per heavy atom. The topological polar surface area (TPSA) is 76.4 Å². The Morgan fingerprint density at radius 2 is 1.71 bits per heavy atom. The molecule has 0 aromatic heterocycles. The van der Waals surface area contributed by atoms with Crippen LogP contribution in [0.3, 0.4) is 0 Å². The molecule has 0 heterocycles. The lowest BCUT2D eigenvalue weighted by Gasteiger charge is -2.19. The summed E-state index contributed by atoms with van der Waals surface area (Å²) < 4.78 is 5.12. The van der Waals surface area contributed by atoms with Gasteiger partial charge in [-0.2, -0.15) is 0 Å². The number of carbonyl (C=O) groups is 1. The van der Waals surface area contributed by atoms with Crippen LogP contribution in [0.25, 0.3) is 0 Å². The molecule has 4 N–H and O–H groups in total. The van der Waals surface area contributed by atoms with Crippen LogP contribution in [0.4, 0.5) is 4.79 Å². The molecule has 0 aromatic rings. The first kappa shape index (κ1) is 16.2. The second-order valence-electron chi connectivity index (χ2n) is 5.03. The third-order valence-electron chi connectivity index (χ3n) is 2.01. The predicted octanol–water partition coefficient (Wildman–Crippen LogP) is 1.23. The Morgan fingerprint density at radius 1 is 1.12 bits per heavy atom. The first-order valence-electron chi connectivity index (χ1n) is 6.33. The Hall–Kier alpha value is -0.810. The second kappa shape index (κ2) is 9.24.